The highest BCUT2D eigenvalue weighted by Gasteiger charge is 2.60. The number of ether oxygens (including phenoxy) is 1. The smallest absolute Gasteiger partial charge is 0.309 e. The summed E-state index contributed by atoms with van der Waals surface area (Å²) in [5.74, 6) is 1.81. The Morgan fingerprint density at radius 2 is 2.00 bits per heavy atom. The lowest BCUT2D eigenvalue weighted by atomic mass is 10.2. The molecule has 138 valence electrons. The van der Waals surface area contributed by atoms with Crippen LogP contribution in [0.2, 0.25) is 0 Å². The molecule has 3 aromatic rings. The van der Waals surface area contributed by atoms with Gasteiger partial charge in [0.15, 0.2) is 0 Å². The number of fused-ring (bicyclic) bond motifs is 2. The molecule has 5 rings (SSSR count). The van der Waals surface area contributed by atoms with Crippen LogP contribution in [0.1, 0.15) is 5.56 Å². The maximum atomic E-state index is 11.7. The van der Waals surface area contributed by atoms with Crippen molar-refractivity contribution >= 4 is 45.3 Å². The fraction of sp³-hybridized carbons (Fsp3) is 0.350. The topological polar surface area (TPSA) is 60.2 Å². The quantitative estimate of drug-likeness (QED) is 0.431. The highest BCUT2D eigenvalue weighted by molar-refractivity contribution is 14.1. The molecular weight excluding hydrogens is 455 g/mol. The van der Waals surface area contributed by atoms with Crippen LogP contribution in [0.5, 0.6) is 0 Å². The van der Waals surface area contributed by atoms with Gasteiger partial charge in [-0.1, -0.05) is 18.2 Å². The summed E-state index contributed by atoms with van der Waals surface area (Å²) in [6, 6.07) is 10.4. The van der Waals surface area contributed by atoms with Gasteiger partial charge in [0, 0.05) is 18.5 Å². The van der Waals surface area contributed by atoms with Crippen LogP contribution in [0.3, 0.4) is 0 Å². The minimum atomic E-state index is -0.0662. The van der Waals surface area contributed by atoms with Gasteiger partial charge in [-0.2, -0.15) is 5.10 Å². The number of esters is 1. The maximum Gasteiger partial charge on any atom is 0.309 e. The van der Waals surface area contributed by atoms with Gasteiger partial charge >= 0.3 is 5.97 Å². The Labute approximate surface area is 170 Å². The number of carbonyl (C=O) groups is 1. The van der Waals surface area contributed by atoms with E-state index in [-0.39, 0.29) is 11.9 Å². The van der Waals surface area contributed by atoms with E-state index in [1.54, 1.807) is 0 Å². The van der Waals surface area contributed by atoms with E-state index >= 15 is 0 Å². The van der Waals surface area contributed by atoms with Crippen LogP contribution in [0, 0.1) is 28.4 Å². The van der Waals surface area contributed by atoms with E-state index in [0.29, 0.717) is 11.8 Å². The van der Waals surface area contributed by atoms with Crippen molar-refractivity contribution in [3.8, 4) is 5.69 Å². The SMILES string of the molecule is COC(=O)C1C2CN(c3ccc(-n4nc(I)c5cccc(C)c54)cn3)CC21. The van der Waals surface area contributed by atoms with Gasteiger partial charge in [-0.05, 0) is 59.0 Å². The molecule has 0 N–H and O–H groups in total. The van der Waals surface area contributed by atoms with Crippen LogP contribution < -0.4 is 4.90 Å². The zero-order chi connectivity index (χ0) is 18.7. The molecule has 7 heteroatoms. The number of methoxy groups -OCH3 is 1. The average Bonchev–Trinajstić information content (AvgIpc) is 3.01. The maximum absolute atomic E-state index is 11.7. The number of hydrogen-bond donors (Lipinski definition) is 0. The summed E-state index contributed by atoms with van der Waals surface area (Å²) in [6.45, 7) is 3.85. The number of aryl methyl sites for hydroxylation is 1. The zero-order valence-electron chi connectivity index (χ0n) is 15.1. The molecule has 0 bridgehead atoms. The molecule has 1 aliphatic carbocycles. The van der Waals surface area contributed by atoms with Gasteiger partial charge in [-0.25, -0.2) is 9.67 Å². The molecular formula is C20H19IN4O2. The lowest BCUT2D eigenvalue weighted by Gasteiger charge is -2.20. The fourth-order valence-corrected chi connectivity index (χ4v) is 5.03. The molecule has 2 aliphatic rings. The fourth-order valence-electron chi connectivity index (χ4n) is 4.37. The van der Waals surface area contributed by atoms with Crippen molar-refractivity contribution in [3.05, 3.63) is 45.8 Å². The number of carbonyl (C=O) groups excluding carboxylic acids is 1. The van der Waals surface area contributed by atoms with Gasteiger partial charge in [0.25, 0.3) is 0 Å². The molecule has 0 spiro atoms. The summed E-state index contributed by atoms with van der Waals surface area (Å²) in [7, 11) is 1.47. The van der Waals surface area contributed by atoms with E-state index in [1.165, 1.54) is 12.7 Å². The highest BCUT2D eigenvalue weighted by atomic mass is 127. The third kappa shape index (κ3) is 2.62. The van der Waals surface area contributed by atoms with Crippen molar-refractivity contribution in [2.45, 2.75) is 6.92 Å². The second-order valence-electron chi connectivity index (χ2n) is 7.33. The third-order valence-electron chi connectivity index (χ3n) is 5.83. The number of nitrogens with zero attached hydrogens (tertiary/aromatic N) is 4. The monoisotopic (exact) mass is 474 g/mol. The van der Waals surface area contributed by atoms with E-state index in [2.05, 4.69) is 63.7 Å². The predicted octanol–water partition coefficient (Wildman–Crippen LogP) is 3.19. The Balaban J connectivity index is 1.39. The first-order chi connectivity index (χ1) is 13.1. The lowest BCUT2D eigenvalue weighted by Crippen LogP contribution is -2.27. The van der Waals surface area contributed by atoms with Gasteiger partial charge in [0.1, 0.15) is 9.52 Å². The molecule has 3 heterocycles. The molecule has 0 amide bonds. The van der Waals surface area contributed by atoms with Crippen molar-refractivity contribution in [2.75, 3.05) is 25.1 Å². The van der Waals surface area contributed by atoms with E-state index in [0.717, 1.165) is 39.2 Å². The summed E-state index contributed by atoms with van der Waals surface area (Å²) < 4.78 is 7.84. The first-order valence-corrected chi connectivity index (χ1v) is 10.1. The number of para-hydroxylation sites is 1. The normalized spacial score (nSPS) is 23.5. The Bertz CT molecular complexity index is 1030. The number of piperidine rings is 1. The molecule has 1 aliphatic heterocycles. The Kier molecular flexibility index (Phi) is 3.89. The summed E-state index contributed by atoms with van der Waals surface area (Å²) in [5, 5.41) is 5.86. The summed E-state index contributed by atoms with van der Waals surface area (Å²) in [6.07, 6.45) is 1.88. The second-order valence-corrected chi connectivity index (χ2v) is 8.35. The number of halogens is 1. The molecule has 1 saturated heterocycles. The highest BCUT2D eigenvalue weighted by Crippen LogP contribution is 2.52. The van der Waals surface area contributed by atoms with Crippen LogP contribution >= 0.6 is 22.6 Å². The van der Waals surface area contributed by atoms with Crippen molar-refractivity contribution < 1.29 is 9.53 Å². The van der Waals surface area contributed by atoms with Gasteiger partial charge in [0.05, 0.1) is 30.4 Å². The number of rotatable bonds is 3. The molecule has 2 unspecified atom stereocenters. The first kappa shape index (κ1) is 17.0. The van der Waals surface area contributed by atoms with Crippen LogP contribution in [0.25, 0.3) is 16.6 Å². The van der Waals surface area contributed by atoms with Gasteiger partial charge in [0.2, 0.25) is 0 Å². The van der Waals surface area contributed by atoms with E-state index in [4.69, 9.17) is 9.84 Å². The number of anilines is 1. The summed E-state index contributed by atoms with van der Waals surface area (Å²) in [5.41, 5.74) is 3.28. The minimum Gasteiger partial charge on any atom is -0.469 e. The van der Waals surface area contributed by atoms with Crippen molar-refractivity contribution in [2.24, 2.45) is 17.8 Å². The average molecular weight is 474 g/mol. The summed E-state index contributed by atoms with van der Waals surface area (Å²) >= 11 is 2.28. The Morgan fingerprint density at radius 1 is 1.22 bits per heavy atom. The second kappa shape index (κ2) is 6.19. The van der Waals surface area contributed by atoms with Crippen molar-refractivity contribution in [1.82, 2.24) is 14.8 Å². The zero-order valence-corrected chi connectivity index (χ0v) is 17.3. The first-order valence-electron chi connectivity index (χ1n) is 9.01. The molecule has 27 heavy (non-hydrogen) atoms. The Morgan fingerprint density at radius 3 is 2.67 bits per heavy atom. The van der Waals surface area contributed by atoms with Gasteiger partial charge in [-0.3, -0.25) is 4.79 Å². The Hall–Kier alpha value is -2.16. The third-order valence-corrected chi connectivity index (χ3v) is 6.62. The number of pyridine rings is 1. The molecule has 2 aromatic heterocycles. The lowest BCUT2D eigenvalue weighted by molar-refractivity contribution is -0.142. The number of aromatic nitrogens is 3. The van der Waals surface area contributed by atoms with Crippen LogP contribution in [0.4, 0.5) is 5.82 Å². The van der Waals surface area contributed by atoms with Gasteiger partial charge < -0.3 is 9.64 Å². The molecule has 1 saturated carbocycles. The minimum absolute atomic E-state index is 0.0662. The predicted molar refractivity (Wildman–Crippen MR) is 111 cm³/mol. The van der Waals surface area contributed by atoms with Gasteiger partial charge in [-0.15, -0.1) is 0 Å². The summed E-state index contributed by atoms with van der Waals surface area (Å²) in [4.78, 5) is 18.6. The van der Waals surface area contributed by atoms with E-state index < -0.39 is 0 Å². The van der Waals surface area contributed by atoms with E-state index in [9.17, 15) is 4.79 Å². The number of hydrogen-bond acceptors (Lipinski definition) is 5. The van der Waals surface area contributed by atoms with Crippen LogP contribution in [-0.2, 0) is 9.53 Å². The van der Waals surface area contributed by atoms with Crippen molar-refractivity contribution in [1.29, 1.82) is 0 Å². The molecule has 6 nitrogen and oxygen atoms in total. The number of benzene rings is 1. The largest absolute Gasteiger partial charge is 0.469 e. The molecule has 1 aromatic carbocycles. The molecule has 0 radical (unpaired) electrons. The van der Waals surface area contributed by atoms with Crippen LogP contribution in [-0.4, -0.2) is 40.9 Å². The molecule has 2 fully saturated rings. The van der Waals surface area contributed by atoms with Crippen molar-refractivity contribution in [3.63, 3.8) is 0 Å². The van der Waals surface area contributed by atoms with Crippen LogP contribution in [0.15, 0.2) is 36.5 Å². The standard InChI is InChI=1S/C20H19IN4O2/c1-11-4-3-5-13-18(11)25(23-19(13)21)12-6-7-16(22-8-12)24-9-14-15(10-24)17(14)20(26)27-2/h3-8,14-15,17H,9-10H2,1-2H3. The van der Waals surface area contributed by atoms with E-state index in [1.807, 2.05) is 16.9 Å². The molecule has 2 atom stereocenters.